The van der Waals surface area contributed by atoms with Gasteiger partial charge in [0.05, 0.1) is 6.61 Å². The smallest absolute Gasteiger partial charge is 0.126 e. The van der Waals surface area contributed by atoms with Crippen molar-refractivity contribution in [2.75, 3.05) is 13.7 Å². The van der Waals surface area contributed by atoms with E-state index in [1.54, 1.807) is 7.11 Å². The summed E-state index contributed by atoms with van der Waals surface area (Å²) in [6.45, 7) is 0.850. The van der Waals surface area contributed by atoms with Crippen LogP contribution in [0.3, 0.4) is 0 Å². The number of aldehydes is 1. The van der Waals surface area contributed by atoms with Crippen LogP contribution < -0.4 is 0 Å². The molecule has 3 aliphatic rings. The van der Waals surface area contributed by atoms with Crippen molar-refractivity contribution in [3.05, 3.63) is 0 Å². The first-order valence-corrected chi connectivity index (χ1v) is 3.70. The minimum Gasteiger partial charge on any atom is -0.384 e. The van der Waals surface area contributed by atoms with E-state index in [-0.39, 0.29) is 5.41 Å². The molecule has 0 amide bonds. The van der Waals surface area contributed by atoms with E-state index in [1.807, 2.05) is 0 Å². The van der Waals surface area contributed by atoms with Crippen molar-refractivity contribution in [1.82, 2.24) is 0 Å². The topological polar surface area (TPSA) is 26.3 Å². The van der Waals surface area contributed by atoms with E-state index < -0.39 is 0 Å². The van der Waals surface area contributed by atoms with Crippen molar-refractivity contribution in [2.24, 2.45) is 10.8 Å². The first-order valence-electron chi connectivity index (χ1n) is 3.70. The molecule has 2 bridgehead atoms. The van der Waals surface area contributed by atoms with Gasteiger partial charge in [0.15, 0.2) is 0 Å². The van der Waals surface area contributed by atoms with E-state index in [9.17, 15) is 4.79 Å². The van der Waals surface area contributed by atoms with Crippen LogP contribution in [0.2, 0.25) is 0 Å². The molecule has 3 fully saturated rings. The molecule has 3 aliphatic carbocycles. The Bertz CT molecular complexity index is 154. The number of carbonyl (C=O) groups excluding carboxylic acids is 1. The normalized spacial score (nSPS) is 49.3. The van der Waals surface area contributed by atoms with E-state index in [0.29, 0.717) is 5.41 Å². The molecular weight excluding hydrogens is 128 g/mol. The summed E-state index contributed by atoms with van der Waals surface area (Å²) >= 11 is 0. The Morgan fingerprint density at radius 3 is 2.50 bits per heavy atom. The number of rotatable bonds is 3. The second-order valence-corrected chi connectivity index (χ2v) is 3.94. The van der Waals surface area contributed by atoms with Gasteiger partial charge in [-0.05, 0) is 24.7 Å². The van der Waals surface area contributed by atoms with Crippen LogP contribution in [-0.2, 0) is 9.53 Å². The molecule has 0 atom stereocenters. The Labute approximate surface area is 60.6 Å². The number of ether oxygens (including phenoxy) is 1. The molecule has 3 rings (SSSR count). The number of hydrogen-bond acceptors (Lipinski definition) is 2. The Morgan fingerprint density at radius 2 is 2.10 bits per heavy atom. The van der Waals surface area contributed by atoms with Gasteiger partial charge in [-0.25, -0.2) is 0 Å². The average molecular weight is 140 g/mol. The molecule has 3 saturated carbocycles. The first kappa shape index (κ1) is 6.35. The SMILES string of the molecule is COCC12CC(C=O)(C1)C2. The van der Waals surface area contributed by atoms with Crippen LogP contribution in [0.15, 0.2) is 0 Å². The van der Waals surface area contributed by atoms with Gasteiger partial charge >= 0.3 is 0 Å². The zero-order valence-electron chi connectivity index (χ0n) is 6.22. The summed E-state index contributed by atoms with van der Waals surface area (Å²) in [6, 6.07) is 0. The molecule has 0 aromatic rings. The number of hydrogen-bond donors (Lipinski definition) is 0. The van der Waals surface area contributed by atoms with Crippen LogP contribution in [0.25, 0.3) is 0 Å². The minimum absolute atomic E-state index is 0.110. The second kappa shape index (κ2) is 1.62. The van der Waals surface area contributed by atoms with Crippen LogP contribution in [0.4, 0.5) is 0 Å². The molecule has 0 aromatic carbocycles. The van der Waals surface area contributed by atoms with Crippen molar-refractivity contribution in [1.29, 1.82) is 0 Å². The predicted molar refractivity (Wildman–Crippen MR) is 36.7 cm³/mol. The summed E-state index contributed by atoms with van der Waals surface area (Å²) in [4.78, 5) is 10.5. The van der Waals surface area contributed by atoms with Crippen molar-refractivity contribution < 1.29 is 9.53 Å². The maximum absolute atomic E-state index is 10.5. The van der Waals surface area contributed by atoms with Gasteiger partial charge in [0.1, 0.15) is 6.29 Å². The fraction of sp³-hybridized carbons (Fsp3) is 0.875. The van der Waals surface area contributed by atoms with Crippen molar-refractivity contribution in [3.63, 3.8) is 0 Å². The van der Waals surface area contributed by atoms with Crippen LogP contribution in [0.1, 0.15) is 19.3 Å². The average Bonchev–Trinajstić information content (AvgIpc) is 1.74. The molecular formula is C8H12O2. The standard InChI is InChI=1S/C8H12O2/c1-10-6-8-2-7(3-8,4-8)5-9/h5H,2-4,6H2,1H3. The molecule has 0 unspecified atom stereocenters. The Morgan fingerprint density at radius 1 is 1.50 bits per heavy atom. The van der Waals surface area contributed by atoms with Gasteiger partial charge < -0.3 is 9.53 Å². The highest BCUT2D eigenvalue weighted by molar-refractivity contribution is 5.66. The second-order valence-electron chi connectivity index (χ2n) is 3.94. The highest BCUT2D eigenvalue weighted by atomic mass is 16.5. The number of carbonyl (C=O) groups is 1. The summed E-state index contributed by atoms with van der Waals surface area (Å²) in [5.41, 5.74) is 0.536. The van der Waals surface area contributed by atoms with E-state index in [1.165, 1.54) is 0 Å². The van der Waals surface area contributed by atoms with Crippen molar-refractivity contribution in [2.45, 2.75) is 19.3 Å². The summed E-state index contributed by atoms with van der Waals surface area (Å²) in [5.74, 6) is 0. The zero-order valence-corrected chi connectivity index (χ0v) is 6.22. The molecule has 0 aromatic heterocycles. The lowest BCUT2D eigenvalue weighted by Gasteiger charge is -2.68. The van der Waals surface area contributed by atoms with Gasteiger partial charge in [0.25, 0.3) is 0 Å². The molecule has 0 saturated heterocycles. The first-order chi connectivity index (χ1) is 4.74. The molecule has 0 N–H and O–H groups in total. The van der Waals surface area contributed by atoms with Crippen LogP contribution in [-0.4, -0.2) is 20.0 Å². The lowest BCUT2D eigenvalue weighted by atomic mass is 9.36. The van der Waals surface area contributed by atoms with E-state index in [0.717, 1.165) is 32.2 Å². The van der Waals surface area contributed by atoms with Crippen LogP contribution in [0.5, 0.6) is 0 Å². The fourth-order valence-electron chi connectivity index (χ4n) is 2.67. The van der Waals surface area contributed by atoms with Crippen LogP contribution >= 0.6 is 0 Å². The third-order valence-corrected chi connectivity index (χ3v) is 2.88. The lowest BCUT2D eigenvalue weighted by molar-refractivity contribution is -0.212. The van der Waals surface area contributed by atoms with Crippen molar-refractivity contribution in [3.8, 4) is 0 Å². The quantitative estimate of drug-likeness (QED) is 0.547. The van der Waals surface area contributed by atoms with E-state index >= 15 is 0 Å². The summed E-state index contributed by atoms with van der Waals surface area (Å²) < 4.78 is 5.06. The Hall–Kier alpha value is -0.370. The molecule has 56 valence electrons. The third-order valence-electron chi connectivity index (χ3n) is 2.88. The van der Waals surface area contributed by atoms with E-state index in [2.05, 4.69) is 0 Å². The van der Waals surface area contributed by atoms with Crippen LogP contribution in [0, 0.1) is 10.8 Å². The van der Waals surface area contributed by atoms with Gasteiger partial charge in [-0.3, -0.25) is 0 Å². The molecule has 0 heterocycles. The van der Waals surface area contributed by atoms with Crippen molar-refractivity contribution >= 4 is 6.29 Å². The molecule has 2 nitrogen and oxygen atoms in total. The lowest BCUT2D eigenvalue weighted by Crippen LogP contribution is -2.64. The number of methoxy groups -OCH3 is 1. The zero-order chi connectivity index (χ0) is 7.24. The molecule has 10 heavy (non-hydrogen) atoms. The largest absolute Gasteiger partial charge is 0.384 e. The van der Waals surface area contributed by atoms with Gasteiger partial charge in [0.2, 0.25) is 0 Å². The Kier molecular flexibility index (Phi) is 1.03. The summed E-state index contributed by atoms with van der Waals surface area (Å²) in [7, 11) is 1.73. The van der Waals surface area contributed by atoms with Gasteiger partial charge in [-0.2, -0.15) is 0 Å². The fourth-order valence-corrected chi connectivity index (χ4v) is 2.67. The molecule has 0 aliphatic heterocycles. The minimum atomic E-state index is 0.110. The monoisotopic (exact) mass is 140 g/mol. The highest BCUT2D eigenvalue weighted by Gasteiger charge is 2.67. The van der Waals surface area contributed by atoms with Gasteiger partial charge in [-0.15, -0.1) is 0 Å². The summed E-state index contributed by atoms with van der Waals surface area (Å²) in [5, 5.41) is 0. The molecule has 0 radical (unpaired) electrons. The van der Waals surface area contributed by atoms with Gasteiger partial charge in [0, 0.05) is 12.5 Å². The molecule has 2 heteroatoms. The highest BCUT2D eigenvalue weighted by Crippen LogP contribution is 2.72. The third kappa shape index (κ3) is 0.553. The maximum atomic E-state index is 10.5. The molecule has 0 spiro atoms. The van der Waals surface area contributed by atoms with Gasteiger partial charge in [-0.1, -0.05) is 0 Å². The maximum Gasteiger partial charge on any atom is 0.126 e. The predicted octanol–water partition coefficient (Wildman–Crippen LogP) is 1.00. The van der Waals surface area contributed by atoms with E-state index in [4.69, 9.17) is 4.74 Å². The Balaban J connectivity index is 1.91. The summed E-state index contributed by atoms with van der Waals surface area (Å²) in [6.07, 6.45) is 4.37.